The van der Waals surface area contributed by atoms with Gasteiger partial charge in [-0.05, 0) is 39.3 Å². The third-order valence-electron chi connectivity index (χ3n) is 4.74. The van der Waals surface area contributed by atoms with Crippen LogP contribution < -0.4 is 5.32 Å². The van der Waals surface area contributed by atoms with Crippen LogP contribution in [0, 0.1) is 13.8 Å². The Morgan fingerprint density at radius 1 is 1.23 bits per heavy atom. The highest BCUT2D eigenvalue weighted by Gasteiger charge is 2.20. The predicted octanol–water partition coefficient (Wildman–Crippen LogP) is 1.33. The number of nitrogens with zero attached hydrogens (tertiary/aromatic N) is 5. The Balaban J connectivity index is 1.63. The molecule has 26 heavy (non-hydrogen) atoms. The van der Waals surface area contributed by atoms with Crippen LogP contribution in [0.5, 0.6) is 0 Å². The molecule has 0 bridgehead atoms. The lowest BCUT2D eigenvalue weighted by molar-refractivity contribution is -0.129. The second-order valence-corrected chi connectivity index (χ2v) is 6.91. The number of fused-ring (bicyclic) bond motifs is 1. The van der Waals surface area contributed by atoms with Crippen molar-refractivity contribution in [1.82, 2.24) is 29.8 Å². The van der Waals surface area contributed by atoms with E-state index in [1.807, 2.05) is 42.5 Å². The van der Waals surface area contributed by atoms with Crippen LogP contribution in [0.1, 0.15) is 49.1 Å². The number of carbonyl (C=O) groups is 2. The zero-order valence-electron chi connectivity index (χ0n) is 15.8. The van der Waals surface area contributed by atoms with Crippen molar-refractivity contribution in [3.63, 3.8) is 0 Å². The van der Waals surface area contributed by atoms with Crippen molar-refractivity contribution < 1.29 is 9.59 Å². The van der Waals surface area contributed by atoms with E-state index < -0.39 is 0 Å². The summed E-state index contributed by atoms with van der Waals surface area (Å²) < 4.78 is 3.67. The normalized spacial score (nSPS) is 15.3. The van der Waals surface area contributed by atoms with Gasteiger partial charge >= 0.3 is 0 Å². The van der Waals surface area contributed by atoms with Crippen LogP contribution in [0.2, 0.25) is 0 Å². The fraction of sp³-hybridized carbons (Fsp3) is 0.556. The van der Waals surface area contributed by atoms with E-state index in [1.165, 1.54) is 0 Å². The van der Waals surface area contributed by atoms with E-state index >= 15 is 0 Å². The van der Waals surface area contributed by atoms with Crippen LogP contribution in [0.15, 0.2) is 12.1 Å². The van der Waals surface area contributed by atoms with Gasteiger partial charge < -0.3 is 10.2 Å². The quantitative estimate of drug-likeness (QED) is 0.893. The van der Waals surface area contributed by atoms with Gasteiger partial charge in [-0.25, -0.2) is 0 Å². The monoisotopic (exact) mass is 358 g/mol. The third kappa shape index (κ3) is 3.79. The molecule has 1 aliphatic heterocycles. The lowest BCUT2D eigenvalue weighted by Crippen LogP contribution is -2.31. The maximum atomic E-state index is 12.5. The Bertz CT molecular complexity index is 822. The Hall–Kier alpha value is -2.64. The standard InChI is InChI=1S/C18H26N6O2/c1-12-8-13(2)24(20-12)14(3)18(26)19-10-16-9-17-11-22(15(4)25)6-5-7-23(17)21-16/h8-9,14H,5-7,10-11H2,1-4H3,(H,19,26)/t14-/m0/s1. The number of nitrogens with one attached hydrogen (secondary N) is 1. The van der Waals surface area contributed by atoms with E-state index in [0.29, 0.717) is 13.1 Å². The Kier molecular flexibility index (Phi) is 5.11. The summed E-state index contributed by atoms with van der Waals surface area (Å²) in [6, 6.07) is 3.55. The first-order valence-corrected chi connectivity index (χ1v) is 8.96. The van der Waals surface area contributed by atoms with Gasteiger partial charge in [-0.2, -0.15) is 10.2 Å². The van der Waals surface area contributed by atoms with Crippen LogP contribution in [-0.4, -0.2) is 42.8 Å². The number of aryl methyl sites for hydroxylation is 3. The van der Waals surface area contributed by atoms with Gasteiger partial charge in [0.15, 0.2) is 0 Å². The number of hydrogen-bond acceptors (Lipinski definition) is 4. The smallest absolute Gasteiger partial charge is 0.244 e. The SMILES string of the molecule is CC(=O)N1CCCn2nc(CNC(=O)[C@H](C)n3nc(C)cc3C)cc2C1. The van der Waals surface area contributed by atoms with Gasteiger partial charge in [-0.15, -0.1) is 0 Å². The molecule has 3 heterocycles. The molecular formula is C18H26N6O2. The van der Waals surface area contributed by atoms with E-state index in [2.05, 4.69) is 15.5 Å². The largest absolute Gasteiger partial charge is 0.349 e. The maximum absolute atomic E-state index is 12.5. The molecule has 0 unspecified atom stereocenters. The minimum Gasteiger partial charge on any atom is -0.349 e. The second kappa shape index (κ2) is 7.31. The molecule has 1 atom stereocenters. The van der Waals surface area contributed by atoms with E-state index in [0.717, 1.165) is 42.3 Å². The highest BCUT2D eigenvalue weighted by Crippen LogP contribution is 2.15. The van der Waals surface area contributed by atoms with E-state index in [1.54, 1.807) is 11.6 Å². The molecule has 0 fully saturated rings. The fourth-order valence-corrected chi connectivity index (χ4v) is 3.35. The number of hydrogen-bond donors (Lipinski definition) is 1. The zero-order chi connectivity index (χ0) is 18.8. The molecule has 1 aliphatic rings. The molecule has 0 saturated heterocycles. The van der Waals surface area contributed by atoms with Gasteiger partial charge in [0.25, 0.3) is 0 Å². The molecule has 2 aromatic heterocycles. The summed E-state index contributed by atoms with van der Waals surface area (Å²) in [4.78, 5) is 25.9. The maximum Gasteiger partial charge on any atom is 0.244 e. The van der Waals surface area contributed by atoms with Gasteiger partial charge in [0.05, 0.1) is 30.2 Å². The van der Waals surface area contributed by atoms with Crippen molar-refractivity contribution in [3.8, 4) is 0 Å². The Labute approximate surface area is 153 Å². The molecule has 8 nitrogen and oxygen atoms in total. The Morgan fingerprint density at radius 2 is 2.00 bits per heavy atom. The molecule has 1 N–H and O–H groups in total. The van der Waals surface area contributed by atoms with Crippen LogP contribution in [0.3, 0.4) is 0 Å². The van der Waals surface area contributed by atoms with Crippen LogP contribution in [0.4, 0.5) is 0 Å². The molecule has 2 amide bonds. The number of amides is 2. The third-order valence-corrected chi connectivity index (χ3v) is 4.74. The van der Waals surface area contributed by atoms with E-state index in [-0.39, 0.29) is 17.9 Å². The van der Waals surface area contributed by atoms with Crippen molar-refractivity contribution in [1.29, 1.82) is 0 Å². The lowest BCUT2D eigenvalue weighted by atomic mass is 10.3. The molecule has 0 spiro atoms. The first-order valence-electron chi connectivity index (χ1n) is 8.96. The average Bonchev–Trinajstić information content (AvgIpc) is 3.06. The summed E-state index contributed by atoms with van der Waals surface area (Å²) in [7, 11) is 0. The predicted molar refractivity (Wildman–Crippen MR) is 96.2 cm³/mol. The highest BCUT2D eigenvalue weighted by atomic mass is 16.2. The lowest BCUT2D eigenvalue weighted by Gasteiger charge is -2.17. The summed E-state index contributed by atoms with van der Waals surface area (Å²) >= 11 is 0. The molecule has 3 rings (SSSR count). The van der Waals surface area contributed by atoms with Gasteiger partial charge in [0, 0.05) is 25.7 Å². The summed E-state index contributed by atoms with van der Waals surface area (Å²) in [5.41, 5.74) is 3.67. The van der Waals surface area contributed by atoms with Crippen molar-refractivity contribution >= 4 is 11.8 Å². The van der Waals surface area contributed by atoms with Crippen LogP contribution in [-0.2, 0) is 29.2 Å². The summed E-state index contributed by atoms with van der Waals surface area (Å²) in [6.07, 6.45) is 0.884. The van der Waals surface area contributed by atoms with Gasteiger partial charge in [0.2, 0.25) is 11.8 Å². The average molecular weight is 358 g/mol. The minimum absolute atomic E-state index is 0.0770. The molecule has 8 heteroatoms. The zero-order valence-corrected chi connectivity index (χ0v) is 15.8. The van der Waals surface area contributed by atoms with Crippen molar-refractivity contribution in [3.05, 3.63) is 34.9 Å². The first kappa shape index (κ1) is 18.2. The van der Waals surface area contributed by atoms with Crippen molar-refractivity contribution in [2.24, 2.45) is 0 Å². The van der Waals surface area contributed by atoms with E-state index in [9.17, 15) is 9.59 Å². The molecular weight excluding hydrogens is 332 g/mol. The molecule has 0 saturated carbocycles. The number of aromatic nitrogens is 4. The molecule has 0 radical (unpaired) electrons. The van der Waals surface area contributed by atoms with Gasteiger partial charge in [-0.1, -0.05) is 0 Å². The topological polar surface area (TPSA) is 85.0 Å². The minimum atomic E-state index is -0.377. The van der Waals surface area contributed by atoms with Gasteiger partial charge in [-0.3, -0.25) is 19.0 Å². The van der Waals surface area contributed by atoms with Crippen molar-refractivity contribution in [2.45, 2.75) is 59.8 Å². The van der Waals surface area contributed by atoms with Crippen molar-refractivity contribution in [2.75, 3.05) is 6.54 Å². The number of rotatable bonds is 4. The highest BCUT2D eigenvalue weighted by molar-refractivity contribution is 5.79. The fourth-order valence-electron chi connectivity index (χ4n) is 3.35. The summed E-state index contributed by atoms with van der Waals surface area (Å²) in [5.74, 6) is -0.0158. The number of carbonyl (C=O) groups excluding carboxylic acids is 2. The summed E-state index contributed by atoms with van der Waals surface area (Å²) in [6.45, 7) is 9.75. The van der Waals surface area contributed by atoms with E-state index in [4.69, 9.17) is 0 Å². The molecule has 140 valence electrons. The summed E-state index contributed by atoms with van der Waals surface area (Å²) in [5, 5.41) is 11.9. The van der Waals surface area contributed by atoms with Crippen LogP contribution >= 0.6 is 0 Å². The second-order valence-electron chi connectivity index (χ2n) is 6.91. The molecule has 0 aliphatic carbocycles. The van der Waals surface area contributed by atoms with Gasteiger partial charge in [0.1, 0.15) is 6.04 Å². The molecule has 2 aromatic rings. The first-order chi connectivity index (χ1) is 12.3. The van der Waals surface area contributed by atoms with Crippen LogP contribution in [0.25, 0.3) is 0 Å². The Morgan fingerprint density at radius 3 is 2.65 bits per heavy atom. The molecule has 0 aromatic carbocycles.